The number of aliphatic imine (C=N–C) groups is 1. The molecule has 0 aromatic heterocycles. The topological polar surface area (TPSA) is 80.2 Å². The van der Waals surface area contributed by atoms with Gasteiger partial charge in [0, 0.05) is 25.6 Å². The average Bonchev–Trinajstić information content (AvgIpc) is 3.22. The summed E-state index contributed by atoms with van der Waals surface area (Å²) in [4.78, 5) is 30.9. The van der Waals surface area contributed by atoms with E-state index in [0.717, 1.165) is 32.2 Å². The van der Waals surface area contributed by atoms with Gasteiger partial charge < -0.3 is 14.8 Å². The zero-order valence-corrected chi connectivity index (χ0v) is 18.5. The van der Waals surface area contributed by atoms with Gasteiger partial charge in [0.05, 0.1) is 5.71 Å². The van der Waals surface area contributed by atoms with E-state index >= 15 is 0 Å². The van der Waals surface area contributed by atoms with Gasteiger partial charge in [-0.3, -0.25) is 14.5 Å². The highest BCUT2D eigenvalue weighted by Crippen LogP contribution is 2.31. The molecule has 0 saturated carbocycles. The number of carbonyl (C=O) groups excluding carboxylic acids is 2. The van der Waals surface area contributed by atoms with Gasteiger partial charge in [0.15, 0.2) is 11.5 Å². The number of ether oxygens (including phenoxy) is 2. The summed E-state index contributed by atoms with van der Waals surface area (Å²) in [5.74, 6) is 0.745. The Morgan fingerprint density at radius 2 is 2.10 bits per heavy atom. The van der Waals surface area contributed by atoms with E-state index in [2.05, 4.69) is 16.4 Å². The van der Waals surface area contributed by atoms with Crippen LogP contribution in [0.25, 0.3) is 0 Å². The van der Waals surface area contributed by atoms with Gasteiger partial charge in [-0.2, -0.15) is 0 Å². The number of nitrogens with zero attached hydrogens (tertiary/aromatic N) is 2. The van der Waals surface area contributed by atoms with Crippen molar-refractivity contribution in [1.82, 2.24) is 10.2 Å². The summed E-state index contributed by atoms with van der Waals surface area (Å²) in [6.07, 6.45) is 14.6. The number of rotatable bonds is 9. The number of fused-ring (bicyclic) bond motifs is 2. The molecule has 2 aliphatic carbocycles. The molecule has 166 valence electrons. The minimum Gasteiger partial charge on any atom is -0.454 e. The van der Waals surface area contributed by atoms with E-state index in [0.29, 0.717) is 35.3 Å². The van der Waals surface area contributed by atoms with Crippen LogP contribution in [0.3, 0.4) is 0 Å². The van der Waals surface area contributed by atoms with Crippen molar-refractivity contribution in [3.8, 4) is 0 Å². The van der Waals surface area contributed by atoms with Crippen LogP contribution in [-0.2, 0) is 19.1 Å². The van der Waals surface area contributed by atoms with E-state index in [4.69, 9.17) is 21.7 Å². The molecule has 0 spiro atoms. The molecule has 31 heavy (non-hydrogen) atoms. The largest absolute Gasteiger partial charge is 0.454 e. The molecule has 2 amide bonds. The van der Waals surface area contributed by atoms with Crippen LogP contribution >= 0.6 is 12.2 Å². The predicted molar refractivity (Wildman–Crippen MR) is 121 cm³/mol. The van der Waals surface area contributed by atoms with Gasteiger partial charge in [-0.25, -0.2) is 4.99 Å². The van der Waals surface area contributed by atoms with E-state index in [1.807, 2.05) is 0 Å². The molecule has 0 aromatic carbocycles. The first kappa shape index (κ1) is 21.7. The third kappa shape index (κ3) is 5.42. The lowest BCUT2D eigenvalue weighted by Gasteiger charge is -2.30. The quantitative estimate of drug-likeness (QED) is 0.335. The molecule has 2 heterocycles. The zero-order chi connectivity index (χ0) is 21.6. The van der Waals surface area contributed by atoms with Crippen LogP contribution < -0.4 is 5.32 Å². The number of nitrogens with one attached hydrogen (secondary N) is 1. The lowest BCUT2D eigenvalue weighted by atomic mass is 9.93. The van der Waals surface area contributed by atoms with Crippen LogP contribution in [0.5, 0.6) is 0 Å². The Kier molecular flexibility index (Phi) is 7.17. The Hall–Kier alpha value is -2.48. The van der Waals surface area contributed by atoms with Crippen LogP contribution in [0.4, 0.5) is 0 Å². The van der Waals surface area contributed by atoms with Crippen LogP contribution in [-0.4, -0.2) is 47.4 Å². The van der Waals surface area contributed by atoms with Gasteiger partial charge in [0.1, 0.15) is 5.92 Å². The number of allylic oxidation sites excluding steroid dienone is 2. The van der Waals surface area contributed by atoms with Crippen molar-refractivity contribution < 1.29 is 19.1 Å². The Labute approximate surface area is 188 Å². The average molecular weight is 444 g/mol. The van der Waals surface area contributed by atoms with Crippen molar-refractivity contribution in [3.05, 3.63) is 35.3 Å². The number of carbonyl (C=O) groups is 2. The molecule has 8 heteroatoms. The molecular weight excluding hydrogens is 414 g/mol. The van der Waals surface area contributed by atoms with Gasteiger partial charge >= 0.3 is 0 Å². The second-order valence-corrected chi connectivity index (χ2v) is 8.62. The molecule has 7 nitrogen and oxygen atoms in total. The van der Waals surface area contributed by atoms with Crippen LogP contribution in [0.15, 0.2) is 40.3 Å². The minimum atomic E-state index is -0.475. The fourth-order valence-corrected chi connectivity index (χ4v) is 4.54. The molecule has 2 aliphatic heterocycles. The van der Waals surface area contributed by atoms with Gasteiger partial charge in [0.25, 0.3) is 0 Å². The van der Waals surface area contributed by atoms with Gasteiger partial charge in [-0.15, -0.1) is 0 Å². The summed E-state index contributed by atoms with van der Waals surface area (Å²) < 4.78 is 10.7. The molecule has 4 rings (SSSR count). The number of amides is 2. The lowest BCUT2D eigenvalue weighted by Crippen LogP contribution is -2.46. The molecule has 1 atom stereocenters. The van der Waals surface area contributed by atoms with Crippen molar-refractivity contribution in [2.24, 2.45) is 10.9 Å². The summed E-state index contributed by atoms with van der Waals surface area (Å²) in [5.41, 5.74) is 2.09. The van der Waals surface area contributed by atoms with Crippen molar-refractivity contribution >= 4 is 34.9 Å². The molecule has 1 N–H and O–H groups in total. The molecule has 0 aromatic rings. The fourth-order valence-electron chi connectivity index (χ4n) is 4.26. The van der Waals surface area contributed by atoms with E-state index in [-0.39, 0.29) is 18.6 Å². The Morgan fingerprint density at radius 1 is 1.23 bits per heavy atom. The normalized spacial score (nSPS) is 22.3. The van der Waals surface area contributed by atoms with Crippen molar-refractivity contribution in [2.75, 3.05) is 19.9 Å². The second kappa shape index (κ2) is 10.2. The van der Waals surface area contributed by atoms with E-state index in [1.54, 1.807) is 17.1 Å². The standard InChI is InChI=1S/C23H29N3O4S/c27-21(24-11-10-16-7-3-1-4-8-16)9-5-2-6-12-26-22(28)17-13-19-20(30-15-29-19)14-18(17)25-23(26)31/h7,13-14,17H,1-6,8-12,15H2,(H,24,27). The summed E-state index contributed by atoms with van der Waals surface area (Å²) in [5, 5.41) is 3.31. The van der Waals surface area contributed by atoms with Crippen LogP contribution in [0.2, 0.25) is 0 Å². The Morgan fingerprint density at radius 3 is 2.94 bits per heavy atom. The molecule has 0 radical (unpaired) electrons. The predicted octanol–water partition coefficient (Wildman–Crippen LogP) is 3.52. The monoisotopic (exact) mass is 443 g/mol. The Balaban J connectivity index is 1.15. The summed E-state index contributed by atoms with van der Waals surface area (Å²) in [6.45, 7) is 1.40. The second-order valence-electron chi connectivity index (χ2n) is 8.25. The van der Waals surface area contributed by atoms with Crippen molar-refractivity contribution in [3.63, 3.8) is 0 Å². The molecule has 1 unspecified atom stereocenters. The minimum absolute atomic E-state index is 0.0805. The lowest BCUT2D eigenvalue weighted by molar-refractivity contribution is -0.128. The van der Waals surface area contributed by atoms with Gasteiger partial charge in [-0.05, 0) is 63.2 Å². The summed E-state index contributed by atoms with van der Waals surface area (Å²) in [7, 11) is 0. The number of hydrogen-bond donors (Lipinski definition) is 1. The zero-order valence-electron chi connectivity index (χ0n) is 17.7. The third-order valence-corrected chi connectivity index (χ3v) is 6.33. The highest BCUT2D eigenvalue weighted by molar-refractivity contribution is 7.80. The van der Waals surface area contributed by atoms with Gasteiger partial charge in [-0.1, -0.05) is 18.1 Å². The maximum Gasteiger partial charge on any atom is 0.241 e. The van der Waals surface area contributed by atoms with E-state index < -0.39 is 5.92 Å². The molecular formula is C23H29N3O4S. The maximum absolute atomic E-state index is 12.9. The number of hydrogen-bond acceptors (Lipinski definition) is 5. The number of thiocarbonyl (C=S) groups is 1. The third-order valence-electron chi connectivity index (χ3n) is 6.01. The van der Waals surface area contributed by atoms with E-state index in [1.165, 1.54) is 31.3 Å². The van der Waals surface area contributed by atoms with Crippen LogP contribution in [0, 0.1) is 5.92 Å². The highest BCUT2D eigenvalue weighted by Gasteiger charge is 2.38. The maximum atomic E-state index is 12.9. The summed E-state index contributed by atoms with van der Waals surface area (Å²) in [6, 6.07) is 0. The first-order valence-corrected chi connectivity index (χ1v) is 11.6. The smallest absolute Gasteiger partial charge is 0.241 e. The summed E-state index contributed by atoms with van der Waals surface area (Å²) >= 11 is 5.34. The Bertz CT molecular complexity index is 874. The van der Waals surface area contributed by atoms with Crippen LogP contribution in [0.1, 0.15) is 57.8 Å². The first-order chi connectivity index (χ1) is 15.1. The number of unbranched alkanes of at least 4 members (excludes halogenated alkanes) is 2. The van der Waals surface area contributed by atoms with E-state index in [9.17, 15) is 9.59 Å². The SMILES string of the molecule is O=C(CCCCCN1C(=O)C2C=C3OCOC3=CC2=NC1=S)NCCC1=CCCCC1. The van der Waals surface area contributed by atoms with Gasteiger partial charge in [0.2, 0.25) is 23.7 Å². The molecule has 0 bridgehead atoms. The fraction of sp³-hybridized carbons (Fsp3) is 0.565. The van der Waals surface area contributed by atoms with Crippen molar-refractivity contribution in [1.29, 1.82) is 0 Å². The molecule has 1 saturated heterocycles. The highest BCUT2D eigenvalue weighted by atomic mass is 32.1. The van der Waals surface area contributed by atoms with Crippen molar-refractivity contribution in [2.45, 2.75) is 57.8 Å². The first-order valence-electron chi connectivity index (χ1n) is 11.2. The molecule has 1 fully saturated rings. The molecule has 4 aliphatic rings.